The second-order valence-electron chi connectivity index (χ2n) is 26.4. The number of aliphatic hydroxyl groups excluding tert-OH is 5. The Hall–Kier alpha value is -3.68. The first kappa shape index (κ1) is 87.3. The summed E-state index contributed by atoms with van der Waals surface area (Å²) in [7, 11) is 0. The number of unbranched alkanes of at least 4 members (excludes halogenated alkanes) is 36. The number of amides is 1. The minimum Gasteiger partial charge on any atom is -0.454 e. The van der Waals surface area contributed by atoms with Crippen LogP contribution in [0.5, 0.6) is 0 Å². The van der Waals surface area contributed by atoms with Crippen LogP contribution in [-0.4, -0.2) is 99.6 Å². The molecule has 1 saturated heterocycles. The summed E-state index contributed by atoms with van der Waals surface area (Å²) in [6, 6.07) is -1.03. The lowest BCUT2D eigenvalue weighted by molar-refractivity contribution is -0.305. The van der Waals surface area contributed by atoms with Gasteiger partial charge in [-0.3, -0.25) is 9.59 Å². The SMILES string of the molecule is CC/C=C\C/C=C\C/C=C\C/C=C\C/C=C\CCCCCCCCCCC(O)C(=O)NC(COC1OC(CO)C(O)C(O)C1OC(=O)CCCCCCCCCCCCCCCC/C=C\C/C=C\C/C=C\CCCCC)C(O)/C=C/CCCCCCCCCCCCC. The number of ether oxygens (including phenoxy) is 3. The predicted molar refractivity (Wildman–Crippen MR) is 393 cm³/mol. The molecule has 1 aliphatic heterocycles. The average molecular weight is 1300 g/mol. The second kappa shape index (κ2) is 68.3. The summed E-state index contributed by atoms with van der Waals surface area (Å²) in [5, 5.41) is 57.4. The number of allylic oxidation sites excluding steroid dienone is 17. The molecule has 0 saturated carbocycles. The van der Waals surface area contributed by atoms with Crippen molar-refractivity contribution >= 4 is 11.9 Å². The molecule has 0 bridgehead atoms. The molecule has 0 aliphatic carbocycles. The first-order chi connectivity index (χ1) is 45.7. The quantitative estimate of drug-likeness (QED) is 0.0195. The third kappa shape index (κ3) is 55.1. The van der Waals surface area contributed by atoms with E-state index in [0.29, 0.717) is 12.8 Å². The molecule has 1 fully saturated rings. The van der Waals surface area contributed by atoms with Gasteiger partial charge in [0, 0.05) is 6.42 Å². The van der Waals surface area contributed by atoms with Gasteiger partial charge in [-0.15, -0.1) is 0 Å². The zero-order chi connectivity index (χ0) is 67.4. The van der Waals surface area contributed by atoms with Crippen molar-refractivity contribution in [3.05, 3.63) is 109 Å². The molecule has 8 unspecified atom stereocenters. The van der Waals surface area contributed by atoms with Crippen molar-refractivity contribution < 1.29 is 49.3 Å². The van der Waals surface area contributed by atoms with E-state index in [-0.39, 0.29) is 19.4 Å². The molecule has 6 N–H and O–H groups in total. The number of rotatable bonds is 66. The second-order valence-corrected chi connectivity index (χ2v) is 26.4. The van der Waals surface area contributed by atoms with Crippen LogP contribution in [0.2, 0.25) is 0 Å². The Morgan fingerprint density at radius 1 is 0.430 bits per heavy atom. The molecule has 11 nitrogen and oxygen atoms in total. The molecule has 0 spiro atoms. The van der Waals surface area contributed by atoms with Gasteiger partial charge in [-0.1, -0.05) is 329 Å². The molecule has 0 radical (unpaired) electrons. The molecule has 536 valence electrons. The van der Waals surface area contributed by atoms with Gasteiger partial charge in [0.25, 0.3) is 0 Å². The van der Waals surface area contributed by atoms with E-state index in [0.717, 1.165) is 116 Å². The van der Waals surface area contributed by atoms with E-state index in [9.17, 15) is 35.1 Å². The molecule has 1 rings (SSSR count). The highest BCUT2D eigenvalue weighted by Crippen LogP contribution is 2.26. The van der Waals surface area contributed by atoms with E-state index in [2.05, 4.69) is 123 Å². The van der Waals surface area contributed by atoms with Crippen molar-refractivity contribution in [3.8, 4) is 0 Å². The Kier molecular flexibility index (Phi) is 64.1. The Morgan fingerprint density at radius 2 is 0.774 bits per heavy atom. The zero-order valence-electron chi connectivity index (χ0n) is 59.9. The summed E-state index contributed by atoms with van der Waals surface area (Å²) in [6.45, 7) is 5.69. The fourth-order valence-corrected chi connectivity index (χ4v) is 11.6. The molecule has 1 amide bonds. The number of carbonyl (C=O) groups excluding carboxylic acids is 2. The Labute approximate surface area is 570 Å². The first-order valence-corrected chi connectivity index (χ1v) is 38.7. The fraction of sp³-hybridized carbons (Fsp3) is 0.756. The van der Waals surface area contributed by atoms with E-state index in [4.69, 9.17) is 14.2 Å². The fourth-order valence-electron chi connectivity index (χ4n) is 11.6. The van der Waals surface area contributed by atoms with Crippen molar-refractivity contribution in [1.82, 2.24) is 5.32 Å². The Bertz CT molecular complexity index is 1940. The highest BCUT2D eigenvalue weighted by atomic mass is 16.7. The van der Waals surface area contributed by atoms with Crippen LogP contribution in [0.1, 0.15) is 335 Å². The monoisotopic (exact) mass is 1300 g/mol. The maximum absolute atomic E-state index is 13.5. The lowest BCUT2D eigenvalue weighted by Gasteiger charge is -2.41. The molecule has 1 heterocycles. The van der Waals surface area contributed by atoms with Gasteiger partial charge in [0.1, 0.15) is 24.4 Å². The van der Waals surface area contributed by atoms with Crippen LogP contribution in [0.25, 0.3) is 0 Å². The minimum absolute atomic E-state index is 0.119. The van der Waals surface area contributed by atoms with Gasteiger partial charge in [-0.05, 0) is 109 Å². The number of hydrogen-bond acceptors (Lipinski definition) is 10. The van der Waals surface area contributed by atoms with Crippen LogP contribution >= 0.6 is 0 Å². The van der Waals surface area contributed by atoms with Gasteiger partial charge in [-0.25, -0.2) is 0 Å². The molecule has 0 aromatic rings. The van der Waals surface area contributed by atoms with Gasteiger partial charge in [-0.2, -0.15) is 0 Å². The van der Waals surface area contributed by atoms with Crippen LogP contribution in [0, 0.1) is 0 Å². The van der Waals surface area contributed by atoms with Crippen molar-refractivity contribution in [1.29, 1.82) is 0 Å². The van der Waals surface area contributed by atoms with Crippen molar-refractivity contribution in [3.63, 3.8) is 0 Å². The Balaban J connectivity index is 2.54. The maximum atomic E-state index is 13.5. The van der Waals surface area contributed by atoms with E-state index < -0.39 is 67.4 Å². The van der Waals surface area contributed by atoms with Gasteiger partial charge in [0.05, 0.1) is 25.4 Å². The van der Waals surface area contributed by atoms with Crippen molar-refractivity contribution in [2.75, 3.05) is 13.2 Å². The van der Waals surface area contributed by atoms with Crippen LogP contribution in [0.3, 0.4) is 0 Å². The van der Waals surface area contributed by atoms with Crippen molar-refractivity contribution in [2.45, 2.75) is 384 Å². The molecule has 0 aromatic carbocycles. The van der Waals surface area contributed by atoms with E-state index in [1.54, 1.807) is 6.08 Å². The summed E-state index contributed by atoms with van der Waals surface area (Å²) in [6.07, 6.45) is 84.1. The molecule has 1 aliphatic rings. The third-order valence-electron chi connectivity index (χ3n) is 17.7. The molecule has 93 heavy (non-hydrogen) atoms. The summed E-state index contributed by atoms with van der Waals surface area (Å²) >= 11 is 0. The van der Waals surface area contributed by atoms with Gasteiger partial charge >= 0.3 is 5.97 Å². The predicted octanol–water partition coefficient (Wildman–Crippen LogP) is 20.7. The molecule has 8 atom stereocenters. The van der Waals surface area contributed by atoms with Gasteiger partial charge in [0.15, 0.2) is 12.4 Å². The number of hydrogen-bond donors (Lipinski definition) is 6. The van der Waals surface area contributed by atoms with Gasteiger partial charge in [0.2, 0.25) is 5.91 Å². The van der Waals surface area contributed by atoms with Crippen LogP contribution < -0.4 is 5.32 Å². The normalized spacial score (nSPS) is 18.5. The highest BCUT2D eigenvalue weighted by molar-refractivity contribution is 5.80. The Morgan fingerprint density at radius 3 is 1.18 bits per heavy atom. The zero-order valence-corrected chi connectivity index (χ0v) is 59.9. The summed E-state index contributed by atoms with van der Waals surface area (Å²) in [4.78, 5) is 26.8. The number of carbonyl (C=O) groups is 2. The standard InChI is InChI=1S/C82H143NO10/c1-4-7-10-13-16-19-22-25-27-29-31-33-35-37-38-39-41-43-45-47-49-52-55-58-61-64-67-70-77(87)93-80-79(89)78(88)76(71-84)92-82(80)91-72-73(74(85)68-65-62-59-56-53-50-24-21-18-15-12-9-6-3)83-81(90)75(86)69-66-63-60-57-54-51-48-46-44-42-40-36-34-32-30-28-26-23-20-17-14-11-8-5-2/h8,11,16-17,19-20,25-28,31-34,40,42,65,68,73-76,78-80,82,84-86,88-89H,4-7,9-10,12-15,18,21-24,29-30,35-39,41,43-64,66-67,69-72H2,1-3H3,(H,83,90)/b11-8-,19-16-,20-17-,27-25-,28-26-,33-31-,34-32-,42-40-,68-65+. The number of nitrogens with one attached hydrogen (secondary N) is 1. The maximum Gasteiger partial charge on any atom is 0.306 e. The average Bonchev–Trinajstić information content (AvgIpc) is 0.918. The van der Waals surface area contributed by atoms with E-state index >= 15 is 0 Å². The topological polar surface area (TPSA) is 175 Å². The number of aliphatic hydroxyl groups is 5. The largest absolute Gasteiger partial charge is 0.454 e. The van der Waals surface area contributed by atoms with Crippen LogP contribution in [-0.2, 0) is 23.8 Å². The van der Waals surface area contributed by atoms with Crippen LogP contribution in [0.4, 0.5) is 0 Å². The molecular weight excluding hydrogens is 1160 g/mol. The molecule has 0 aromatic heterocycles. The number of esters is 1. The summed E-state index contributed by atoms with van der Waals surface area (Å²) < 4.78 is 17.7. The third-order valence-corrected chi connectivity index (χ3v) is 17.7. The highest BCUT2D eigenvalue weighted by Gasteiger charge is 2.47. The smallest absolute Gasteiger partial charge is 0.306 e. The summed E-state index contributed by atoms with van der Waals surface area (Å²) in [5.74, 6) is -1.20. The molecule has 11 heteroatoms. The lowest BCUT2D eigenvalue weighted by atomic mass is 9.99. The lowest BCUT2D eigenvalue weighted by Crippen LogP contribution is -2.61. The molecular formula is C82H143NO10. The van der Waals surface area contributed by atoms with E-state index in [1.165, 1.54) is 173 Å². The van der Waals surface area contributed by atoms with Crippen molar-refractivity contribution in [2.24, 2.45) is 0 Å². The minimum atomic E-state index is -1.62. The van der Waals surface area contributed by atoms with E-state index in [1.807, 2.05) is 6.08 Å². The first-order valence-electron chi connectivity index (χ1n) is 38.7. The van der Waals surface area contributed by atoms with Gasteiger partial charge < -0.3 is 45.1 Å². The summed E-state index contributed by atoms with van der Waals surface area (Å²) in [5.41, 5.74) is 0. The van der Waals surface area contributed by atoms with Crippen LogP contribution in [0.15, 0.2) is 109 Å².